The molecule has 1 N–H and O–H groups in total. The molecular weight excluding hydrogens is 296 g/mol. The highest BCUT2D eigenvalue weighted by atomic mass is 32.1. The van der Waals surface area contributed by atoms with Gasteiger partial charge < -0.3 is 5.32 Å². The maximum atomic E-state index is 12.0. The van der Waals surface area contributed by atoms with E-state index in [0.29, 0.717) is 19.6 Å². The highest BCUT2D eigenvalue weighted by molar-refractivity contribution is 7.09. The Bertz CT molecular complexity index is 599. The molecule has 5 nitrogen and oxygen atoms in total. The van der Waals surface area contributed by atoms with E-state index in [2.05, 4.69) is 22.2 Å². The maximum Gasteiger partial charge on any atom is 0.234 e. The van der Waals surface area contributed by atoms with Crippen molar-refractivity contribution in [3.63, 3.8) is 0 Å². The van der Waals surface area contributed by atoms with Gasteiger partial charge in [-0.05, 0) is 25.6 Å². The zero-order valence-corrected chi connectivity index (χ0v) is 14.1. The zero-order chi connectivity index (χ0) is 15.9. The van der Waals surface area contributed by atoms with Gasteiger partial charge in [0.05, 0.1) is 11.6 Å². The third-order valence-corrected chi connectivity index (χ3v) is 4.45. The molecule has 0 spiro atoms. The number of carbonyl (C=O) groups is 1. The lowest BCUT2D eigenvalue weighted by Crippen LogP contribution is -2.36. The van der Waals surface area contributed by atoms with Crippen LogP contribution in [0.4, 0.5) is 0 Å². The molecule has 0 saturated heterocycles. The SMILES string of the molecule is Cc1csc(C(C)CNC(=O)CN(C)Cc2cccnc2)n1. The fraction of sp³-hybridized carbons (Fsp3) is 0.438. The zero-order valence-electron chi connectivity index (χ0n) is 13.2. The van der Waals surface area contributed by atoms with Crippen LogP contribution in [0.25, 0.3) is 0 Å². The molecule has 0 aliphatic carbocycles. The first-order chi connectivity index (χ1) is 10.5. The molecule has 0 radical (unpaired) electrons. The third kappa shape index (κ3) is 5.20. The van der Waals surface area contributed by atoms with Crippen LogP contribution < -0.4 is 5.32 Å². The molecule has 0 aromatic carbocycles. The van der Waals surface area contributed by atoms with Crippen LogP contribution in [0.3, 0.4) is 0 Å². The van der Waals surface area contributed by atoms with Crippen molar-refractivity contribution in [3.8, 4) is 0 Å². The number of carbonyl (C=O) groups excluding carboxylic acids is 1. The standard InChI is InChI=1S/C16H22N4OS/c1-12(16-19-13(2)11-22-16)7-18-15(21)10-20(3)9-14-5-4-6-17-8-14/h4-6,8,11-12H,7,9-10H2,1-3H3,(H,18,21). The van der Waals surface area contributed by atoms with Crippen molar-refractivity contribution in [2.75, 3.05) is 20.1 Å². The Kier molecular flexibility index (Phi) is 6.03. The molecule has 1 atom stereocenters. The van der Waals surface area contributed by atoms with Crippen molar-refractivity contribution in [3.05, 3.63) is 46.2 Å². The Morgan fingerprint density at radius 1 is 1.50 bits per heavy atom. The van der Waals surface area contributed by atoms with Crippen molar-refractivity contribution in [1.82, 2.24) is 20.2 Å². The Labute approximate surface area is 135 Å². The molecule has 6 heteroatoms. The van der Waals surface area contributed by atoms with Crippen LogP contribution in [0.15, 0.2) is 29.9 Å². The van der Waals surface area contributed by atoms with Crippen LogP contribution in [0.2, 0.25) is 0 Å². The summed E-state index contributed by atoms with van der Waals surface area (Å²) in [5, 5.41) is 6.09. The van der Waals surface area contributed by atoms with E-state index in [9.17, 15) is 4.79 Å². The minimum atomic E-state index is 0.0338. The van der Waals surface area contributed by atoms with Crippen LogP contribution in [-0.2, 0) is 11.3 Å². The maximum absolute atomic E-state index is 12.0. The van der Waals surface area contributed by atoms with Crippen molar-refractivity contribution < 1.29 is 4.79 Å². The van der Waals surface area contributed by atoms with Gasteiger partial charge in [0.25, 0.3) is 0 Å². The largest absolute Gasteiger partial charge is 0.354 e. The van der Waals surface area contributed by atoms with E-state index < -0.39 is 0 Å². The van der Waals surface area contributed by atoms with Gasteiger partial charge >= 0.3 is 0 Å². The summed E-state index contributed by atoms with van der Waals surface area (Å²) in [6.45, 7) is 5.77. The monoisotopic (exact) mass is 318 g/mol. The number of aromatic nitrogens is 2. The van der Waals surface area contributed by atoms with Gasteiger partial charge in [-0.1, -0.05) is 13.0 Å². The second kappa shape index (κ2) is 8.00. The van der Waals surface area contributed by atoms with Crippen molar-refractivity contribution >= 4 is 17.2 Å². The van der Waals surface area contributed by atoms with Gasteiger partial charge in [-0.3, -0.25) is 14.7 Å². The molecule has 2 heterocycles. The summed E-state index contributed by atoms with van der Waals surface area (Å²) in [5.74, 6) is 0.276. The van der Waals surface area contributed by atoms with Crippen LogP contribution in [0.1, 0.15) is 29.1 Å². The number of hydrogen-bond donors (Lipinski definition) is 1. The van der Waals surface area contributed by atoms with Gasteiger partial charge in [-0.15, -0.1) is 11.3 Å². The average Bonchev–Trinajstić information content (AvgIpc) is 2.92. The van der Waals surface area contributed by atoms with E-state index in [4.69, 9.17) is 0 Å². The molecule has 2 rings (SSSR count). The number of hydrogen-bond acceptors (Lipinski definition) is 5. The van der Waals surface area contributed by atoms with E-state index in [1.807, 2.05) is 42.6 Å². The van der Waals surface area contributed by atoms with Crippen molar-refractivity contribution in [2.45, 2.75) is 26.3 Å². The van der Waals surface area contributed by atoms with Gasteiger partial charge in [-0.25, -0.2) is 4.98 Å². The number of rotatable bonds is 7. The molecule has 118 valence electrons. The summed E-state index contributed by atoms with van der Waals surface area (Å²) in [4.78, 5) is 22.5. The van der Waals surface area contributed by atoms with E-state index >= 15 is 0 Å². The Morgan fingerprint density at radius 3 is 2.95 bits per heavy atom. The summed E-state index contributed by atoms with van der Waals surface area (Å²) >= 11 is 1.65. The van der Waals surface area contributed by atoms with Gasteiger partial charge in [0.15, 0.2) is 0 Å². The summed E-state index contributed by atoms with van der Waals surface area (Å²) in [6.07, 6.45) is 3.57. The smallest absolute Gasteiger partial charge is 0.234 e. The normalized spacial score (nSPS) is 12.4. The van der Waals surface area contributed by atoms with E-state index in [-0.39, 0.29) is 11.8 Å². The molecule has 1 unspecified atom stereocenters. The Hall–Kier alpha value is -1.79. The number of thiazole rings is 1. The number of aryl methyl sites for hydroxylation is 1. The molecular formula is C16H22N4OS. The summed E-state index contributed by atoms with van der Waals surface area (Å²) in [7, 11) is 1.93. The van der Waals surface area contributed by atoms with Crippen LogP contribution in [0, 0.1) is 6.92 Å². The van der Waals surface area contributed by atoms with Gasteiger partial charge in [-0.2, -0.15) is 0 Å². The predicted octanol–water partition coefficient (Wildman–Crippen LogP) is 2.20. The molecule has 0 fully saturated rings. The first kappa shape index (κ1) is 16.6. The molecule has 0 saturated carbocycles. The molecule has 0 aliphatic rings. The van der Waals surface area contributed by atoms with Crippen LogP contribution >= 0.6 is 11.3 Å². The first-order valence-electron chi connectivity index (χ1n) is 7.30. The van der Waals surface area contributed by atoms with Crippen LogP contribution in [0.5, 0.6) is 0 Å². The first-order valence-corrected chi connectivity index (χ1v) is 8.18. The summed E-state index contributed by atoms with van der Waals surface area (Å²) < 4.78 is 0. The number of nitrogens with one attached hydrogen (secondary N) is 1. The molecule has 2 aromatic heterocycles. The Balaban J connectivity index is 1.73. The fourth-order valence-electron chi connectivity index (χ4n) is 2.11. The number of likely N-dealkylation sites (N-methyl/N-ethyl adjacent to an activating group) is 1. The number of pyridine rings is 1. The molecule has 0 aliphatic heterocycles. The molecule has 1 amide bonds. The topological polar surface area (TPSA) is 58.1 Å². The molecule has 22 heavy (non-hydrogen) atoms. The highest BCUT2D eigenvalue weighted by Crippen LogP contribution is 2.18. The number of amides is 1. The van der Waals surface area contributed by atoms with Crippen molar-refractivity contribution in [2.24, 2.45) is 0 Å². The average molecular weight is 318 g/mol. The van der Waals surface area contributed by atoms with E-state index in [1.54, 1.807) is 17.5 Å². The lowest BCUT2D eigenvalue weighted by atomic mass is 10.2. The highest BCUT2D eigenvalue weighted by Gasteiger charge is 2.12. The second-order valence-corrected chi connectivity index (χ2v) is 6.46. The summed E-state index contributed by atoms with van der Waals surface area (Å²) in [6, 6.07) is 3.91. The third-order valence-electron chi connectivity index (χ3n) is 3.25. The lowest BCUT2D eigenvalue weighted by molar-refractivity contribution is -0.122. The van der Waals surface area contributed by atoms with E-state index in [1.165, 1.54) is 0 Å². The second-order valence-electron chi connectivity index (χ2n) is 5.57. The minimum Gasteiger partial charge on any atom is -0.354 e. The lowest BCUT2D eigenvalue weighted by Gasteiger charge is -2.17. The van der Waals surface area contributed by atoms with Crippen molar-refractivity contribution in [1.29, 1.82) is 0 Å². The van der Waals surface area contributed by atoms with Gasteiger partial charge in [0.2, 0.25) is 5.91 Å². The Morgan fingerprint density at radius 2 is 2.32 bits per heavy atom. The summed E-state index contributed by atoms with van der Waals surface area (Å²) in [5.41, 5.74) is 2.14. The van der Waals surface area contributed by atoms with Crippen LogP contribution in [-0.4, -0.2) is 40.9 Å². The molecule has 2 aromatic rings. The molecule has 0 bridgehead atoms. The van der Waals surface area contributed by atoms with E-state index in [0.717, 1.165) is 16.3 Å². The van der Waals surface area contributed by atoms with Gasteiger partial charge in [0.1, 0.15) is 0 Å². The fourth-order valence-corrected chi connectivity index (χ4v) is 2.97. The van der Waals surface area contributed by atoms with Gasteiger partial charge in [0, 0.05) is 42.5 Å². The quantitative estimate of drug-likeness (QED) is 0.850. The minimum absolute atomic E-state index is 0.0338. The number of nitrogens with zero attached hydrogens (tertiary/aromatic N) is 3. The predicted molar refractivity (Wildman–Crippen MR) is 88.8 cm³/mol.